The van der Waals surface area contributed by atoms with Gasteiger partial charge in [0.25, 0.3) is 0 Å². The number of ether oxygens (including phenoxy) is 3. The summed E-state index contributed by atoms with van der Waals surface area (Å²) in [7, 11) is 0. The summed E-state index contributed by atoms with van der Waals surface area (Å²) in [6.45, 7) is 6.26. The van der Waals surface area contributed by atoms with Crippen LogP contribution in [0.4, 0.5) is 0 Å². The molecule has 0 heterocycles. The number of carbonyl (C=O) groups is 1. The van der Waals surface area contributed by atoms with Gasteiger partial charge in [0.05, 0.1) is 18.8 Å². The Bertz CT molecular complexity index is 2510. The Morgan fingerprint density at radius 1 is 0.523 bits per heavy atom. The summed E-state index contributed by atoms with van der Waals surface area (Å²) >= 11 is 0. The molecule has 0 amide bonds. The van der Waals surface area contributed by atoms with Crippen LogP contribution in [0.25, 0.3) is 24.3 Å². The number of unbranched alkanes of at least 4 members (excludes halogenated alkanes) is 6. The highest BCUT2D eigenvalue weighted by molar-refractivity contribution is 5.92. The molecule has 0 bridgehead atoms. The molecule has 6 aromatic rings. The molecule has 0 aromatic heterocycles. The van der Waals surface area contributed by atoms with Crippen LogP contribution in [0, 0.1) is 0 Å². The highest BCUT2D eigenvalue weighted by Gasteiger charge is 2.49. The molecule has 334 valence electrons. The molecular formula is C59H62O6. The number of aryl methyl sites for hydroxylation is 2. The second-order valence-electron chi connectivity index (χ2n) is 17.4. The van der Waals surface area contributed by atoms with Crippen molar-refractivity contribution in [3.63, 3.8) is 0 Å². The zero-order valence-corrected chi connectivity index (χ0v) is 38.1. The van der Waals surface area contributed by atoms with Crippen LogP contribution >= 0.6 is 0 Å². The molecule has 6 nitrogen and oxygen atoms in total. The van der Waals surface area contributed by atoms with E-state index in [1.165, 1.54) is 49.7 Å². The minimum Gasteiger partial charge on any atom is -0.494 e. The largest absolute Gasteiger partial charge is 0.494 e. The molecule has 0 aliphatic heterocycles. The van der Waals surface area contributed by atoms with Gasteiger partial charge in [-0.1, -0.05) is 162 Å². The van der Waals surface area contributed by atoms with Crippen LogP contribution in [0.15, 0.2) is 133 Å². The van der Waals surface area contributed by atoms with Gasteiger partial charge in [0.15, 0.2) is 5.75 Å². The van der Waals surface area contributed by atoms with E-state index < -0.39 is 0 Å². The molecular weight excluding hydrogens is 805 g/mol. The lowest BCUT2D eigenvalue weighted by molar-refractivity contribution is -0.218. The maximum atomic E-state index is 13.7. The Hall–Kier alpha value is -6.37. The molecule has 65 heavy (non-hydrogen) atoms. The van der Waals surface area contributed by atoms with Crippen molar-refractivity contribution in [1.29, 1.82) is 0 Å². The van der Waals surface area contributed by atoms with Crippen LogP contribution in [0.3, 0.4) is 0 Å². The Morgan fingerprint density at radius 3 is 1.49 bits per heavy atom. The van der Waals surface area contributed by atoms with Crippen LogP contribution in [0.2, 0.25) is 0 Å². The second-order valence-corrected chi connectivity index (χ2v) is 17.4. The fourth-order valence-corrected chi connectivity index (χ4v) is 9.20. The summed E-state index contributed by atoms with van der Waals surface area (Å²) in [6, 6.07) is 44.6. The van der Waals surface area contributed by atoms with E-state index in [-0.39, 0.29) is 11.4 Å². The van der Waals surface area contributed by atoms with Gasteiger partial charge in [-0.15, -0.1) is 0 Å². The molecule has 0 fully saturated rings. The minimum absolute atomic E-state index is 0.302. The number of benzene rings is 6. The molecule has 6 heteroatoms. The van der Waals surface area contributed by atoms with Crippen LogP contribution in [0.1, 0.15) is 138 Å². The average molecular weight is 867 g/mol. The van der Waals surface area contributed by atoms with Gasteiger partial charge in [-0.2, -0.15) is 4.89 Å². The van der Waals surface area contributed by atoms with Crippen molar-refractivity contribution < 1.29 is 28.8 Å². The summed E-state index contributed by atoms with van der Waals surface area (Å²) in [4.78, 5) is 25.9. The predicted octanol–water partition coefficient (Wildman–Crippen LogP) is 14.9. The third-order valence-electron chi connectivity index (χ3n) is 12.8. The normalized spacial score (nSPS) is 15.1. The summed E-state index contributed by atoms with van der Waals surface area (Å²) in [5, 5.41) is 0. The summed E-state index contributed by atoms with van der Waals surface area (Å²) in [5.74, 6) is 2.76. The topological polar surface area (TPSA) is 63.2 Å². The van der Waals surface area contributed by atoms with E-state index in [1.807, 2.05) is 78.9 Å². The average Bonchev–Trinajstić information content (AvgIpc) is 3.92. The van der Waals surface area contributed by atoms with Crippen molar-refractivity contribution in [2.24, 2.45) is 0 Å². The van der Waals surface area contributed by atoms with Crippen LogP contribution in [0.5, 0.6) is 23.0 Å². The third kappa shape index (κ3) is 11.7. The van der Waals surface area contributed by atoms with Gasteiger partial charge >= 0.3 is 5.97 Å². The number of hydrogen-bond donors (Lipinski definition) is 0. The lowest BCUT2D eigenvalue weighted by Crippen LogP contribution is -2.24. The monoisotopic (exact) mass is 866 g/mol. The standard InChI is InChI=1S/C59H62O6/c1-3-5-7-9-41-61-52-33-27-46(28-34-52)19-17-44-21-23-48(24-22-44)43-63-65-55-16-12-14-50-38-40-59(57(50)55)39-37-49-13-11-15-54(56(49)59)64-58(60)51-31-25-45(26-32-51)18-20-47-29-35-53(36-30-47)62-42-10-8-6-4-2/h11-36H,3-10,37-43H2,1-2H3/b19-17+,20-18+. The molecule has 1 unspecified atom stereocenters. The fraction of sp³-hybridized carbons (Fsp3) is 0.305. The van der Waals surface area contributed by atoms with E-state index in [4.69, 9.17) is 24.0 Å². The summed E-state index contributed by atoms with van der Waals surface area (Å²) in [5.41, 5.74) is 10.1. The molecule has 2 aliphatic rings. The minimum atomic E-state index is -0.374. The summed E-state index contributed by atoms with van der Waals surface area (Å²) < 4.78 is 18.1. The summed E-state index contributed by atoms with van der Waals surface area (Å²) in [6.07, 6.45) is 21.5. The molecule has 0 saturated carbocycles. The van der Waals surface area contributed by atoms with Crippen molar-refractivity contribution in [2.75, 3.05) is 13.2 Å². The van der Waals surface area contributed by atoms with E-state index in [0.717, 1.165) is 102 Å². The van der Waals surface area contributed by atoms with E-state index >= 15 is 0 Å². The van der Waals surface area contributed by atoms with E-state index in [2.05, 4.69) is 92.7 Å². The number of rotatable bonds is 22. The van der Waals surface area contributed by atoms with Gasteiger partial charge in [0.1, 0.15) is 23.9 Å². The first-order valence-corrected chi connectivity index (χ1v) is 23.8. The molecule has 6 aromatic carbocycles. The lowest BCUT2D eigenvalue weighted by Gasteiger charge is -2.29. The molecule has 8 rings (SSSR count). The van der Waals surface area contributed by atoms with Gasteiger partial charge in [-0.3, -0.25) is 0 Å². The smallest absolute Gasteiger partial charge is 0.343 e. The molecule has 0 radical (unpaired) electrons. The van der Waals surface area contributed by atoms with Crippen molar-refractivity contribution in [1.82, 2.24) is 0 Å². The first-order valence-electron chi connectivity index (χ1n) is 23.8. The fourth-order valence-electron chi connectivity index (χ4n) is 9.20. The van der Waals surface area contributed by atoms with Crippen molar-refractivity contribution in [3.8, 4) is 23.0 Å². The molecule has 0 saturated heterocycles. The highest BCUT2D eigenvalue weighted by Crippen LogP contribution is 2.57. The predicted molar refractivity (Wildman–Crippen MR) is 264 cm³/mol. The zero-order valence-electron chi connectivity index (χ0n) is 38.1. The first kappa shape index (κ1) is 45.2. The molecule has 1 spiro atoms. The maximum Gasteiger partial charge on any atom is 0.343 e. The second kappa shape index (κ2) is 22.5. The number of carbonyl (C=O) groups excluding carboxylic acids is 1. The highest BCUT2D eigenvalue weighted by atomic mass is 17.2. The van der Waals surface area contributed by atoms with Gasteiger partial charge in [0, 0.05) is 16.5 Å². The van der Waals surface area contributed by atoms with Gasteiger partial charge < -0.3 is 19.1 Å². The van der Waals surface area contributed by atoms with Crippen LogP contribution in [-0.2, 0) is 29.8 Å². The molecule has 0 N–H and O–H groups in total. The van der Waals surface area contributed by atoms with Crippen LogP contribution in [-0.4, -0.2) is 19.2 Å². The number of fused-ring (bicyclic) bond motifs is 4. The Kier molecular flexibility index (Phi) is 15.6. The van der Waals surface area contributed by atoms with Crippen LogP contribution < -0.4 is 19.1 Å². The van der Waals surface area contributed by atoms with Crippen molar-refractivity contribution in [2.45, 2.75) is 103 Å². The van der Waals surface area contributed by atoms with E-state index in [0.29, 0.717) is 23.7 Å². The first-order chi connectivity index (χ1) is 32.0. The zero-order chi connectivity index (χ0) is 44.7. The van der Waals surface area contributed by atoms with E-state index in [1.54, 1.807) is 0 Å². The Morgan fingerprint density at radius 2 is 0.985 bits per heavy atom. The third-order valence-corrected chi connectivity index (χ3v) is 12.8. The lowest BCUT2D eigenvalue weighted by atomic mass is 9.76. The van der Waals surface area contributed by atoms with E-state index in [9.17, 15) is 4.79 Å². The molecule has 2 aliphatic carbocycles. The molecule has 1 atom stereocenters. The number of esters is 1. The SMILES string of the molecule is CCCCCCOc1ccc(/C=C/c2ccc(COOc3cccc4c3C3(CC4)CCc4cccc(OC(=O)c5ccc(/C=C/c6ccc(OCCCCCC)cc6)cc5)c43)cc2)cc1. The quantitative estimate of drug-likeness (QED) is 0.0169. The number of hydrogen-bond acceptors (Lipinski definition) is 6. The van der Waals surface area contributed by atoms with Crippen molar-refractivity contribution in [3.05, 3.63) is 189 Å². The van der Waals surface area contributed by atoms with Crippen molar-refractivity contribution >= 4 is 30.3 Å². The van der Waals surface area contributed by atoms with Gasteiger partial charge in [0.2, 0.25) is 0 Å². The van der Waals surface area contributed by atoms with Gasteiger partial charge in [-0.25, -0.2) is 4.79 Å². The van der Waals surface area contributed by atoms with Gasteiger partial charge in [-0.05, 0) is 126 Å². The Labute approximate surface area is 385 Å². The Balaban J connectivity index is 0.868. The maximum absolute atomic E-state index is 13.7.